The van der Waals surface area contributed by atoms with Crippen molar-refractivity contribution in [2.45, 2.75) is 0 Å². The molecule has 35 heavy (non-hydrogen) atoms. The number of rotatable bonds is 15. The molecule has 192 valence electrons. The normalized spacial score (nSPS) is 13.5. The number of nitrogens with one attached hydrogen (secondary N) is 3. The number of nitrogens with two attached hydrogens (primary N) is 1. The lowest BCUT2D eigenvalue weighted by atomic mass is 10.2. The molecular formula is C22H34N8O5. The van der Waals surface area contributed by atoms with Gasteiger partial charge in [-0.05, 0) is 24.3 Å². The second-order valence-electron chi connectivity index (χ2n) is 7.50. The number of morpholine rings is 1. The minimum Gasteiger partial charge on any atom is -0.395 e. The van der Waals surface area contributed by atoms with Gasteiger partial charge in [-0.3, -0.25) is 4.79 Å². The van der Waals surface area contributed by atoms with E-state index in [9.17, 15) is 4.79 Å². The third-order valence-corrected chi connectivity index (χ3v) is 4.88. The van der Waals surface area contributed by atoms with Crippen molar-refractivity contribution in [2.24, 2.45) is 5.73 Å². The van der Waals surface area contributed by atoms with Crippen molar-refractivity contribution in [3.63, 3.8) is 0 Å². The van der Waals surface area contributed by atoms with Gasteiger partial charge in [-0.1, -0.05) is 0 Å². The molecule has 1 aliphatic rings. The molecule has 13 heteroatoms. The molecule has 0 atom stereocenters. The third-order valence-electron chi connectivity index (χ3n) is 4.88. The molecule has 1 amide bonds. The number of hydrogen-bond donors (Lipinski definition) is 5. The minimum atomic E-state index is -0.190. The Bertz CT molecular complexity index is 896. The summed E-state index contributed by atoms with van der Waals surface area (Å²) < 4.78 is 16.0. The molecule has 0 radical (unpaired) electrons. The Labute approximate surface area is 204 Å². The number of benzene rings is 1. The first-order valence-corrected chi connectivity index (χ1v) is 11.6. The number of carbonyl (C=O) groups is 1. The van der Waals surface area contributed by atoms with Crippen LogP contribution in [0.4, 0.5) is 23.5 Å². The van der Waals surface area contributed by atoms with E-state index in [1.54, 1.807) is 24.3 Å². The summed E-state index contributed by atoms with van der Waals surface area (Å²) in [4.78, 5) is 27.7. The number of carbonyl (C=O) groups excluding carboxylic acids is 1. The number of amides is 1. The summed E-state index contributed by atoms with van der Waals surface area (Å²) in [5.74, 6) is 1.05. The number of anilines is 4. The molecule has 1 saturated heterocycles. The second kappa shape index (κ2) is 15.0. The first-order valence-electron chi connectivity index (χ1n) is 11.6. The molecule has 0 saturated carbocycles. The first kappa shape index (κ1) is 26.5. The van der Waals surface area contributed by atoms with Crippen molar-refractivity contribution in [1.29, 1.82) is 0 Å². The van der Waals surface area contributed by atoms with E-state index in [2.05, 4.69) is 30.9 Å². The van der Waals surface area contributed by atoms with Crippen molar-refractivity contribution in [2.75, 3.05) is 94.5 Å². The van der Waals surface area contributed by atoms with E-state index in [0.29, 0.717) is 95.8 Å². The Morgan fingerprint density at radius 3 is 2.43 bits per heavy atom. The molecule has 6 N–H and O–H groups in total. The third kappa shape index (κ3) is 9.22. The highest BCUT2D eigenvalue weighted by Gasteiger charge is 2.17. The monoisotopic (exact) mass is 490 g/mol. The summed E-state index contributed by atoms with van der Waals surface area (Å²) in [6, 6.07) is 6.99. The zero-order valence-corrected chi connectivity index (χ0v) is 19.7. The van der Waals surface area contributed by atoms with Crippen molar-refractivity contribution in [3.05, 3.63) is 29.8 Å². The molecule has 0 aliphatic carbocycles. The summed E-state index contributed by atoms with van der Waals surface area (Å²) in [7, 11) is 0. The maximum atomic E-state index is 12.4. The summed E-state index contributed by atoms with van der Waals surface area (Å²) in [6.45, 7) is 5.57. The lowest BCUT2D eigenvalue weighted by Crippen LogP contribution is -2.37. The number of hydrogen-bond acceptors (Lipinski definition) is 12. The van der Waals surface area contributed by atoms with Crippen LogP contribution >= 0.6 is 0 Å². The van der Waals surface area contributed by atoms with Gasteiger partial charge in [0.15, 0.2) is 0 Å². The zero-order valence-electron chi connectivity index (χ0n) is 19.7. The SMILES string of the molecule is NCCOCCOCCNC(=O)c1ccc(Nc2nc(NCCO)nc(N3CCOCC3)n2)cc1. The molecule has 1 aromatic carbocycles. The van der Waals surface area contributed by atoms with Gasteiger partial charge in [0.2, 0.25) is 17.8 Å². The highest BCUT2D eigenvalue weighted by atomic mass is 16.5. The van der Waals surface area contributed by atoms with Gasteiger partial charge in [0.05, 0.1) is 46.2 Å². The lowest BCUT2D eigenvalue weighted by molar-refractivity contribution is 0.0511. The van der Waals surface area contributed by atoms with Crippen molar-refractivity contribution < 1.29 is 24.1 Å². The average molecular weight is 491 g/mol. The molecule has 1 aliphatic heterocycles. The van der Waals surface area contributed by atoms with Gasteiger partial charge in [0, 0.05) is 44.0 Å². The van der Waals surface area contributed by atoms with Gasteiger partial charge in [-0.15, -0.1) is 0 Å². The Kier molecular flexibility index (Phi) is 11.4. The van der Waals surface area contributed by atoms with Gasteiger partial charge in [0.1, 0.15) is 0 Å². The maximum absolute atomic E-state index is 12.4. The standard InChI is InChI=1S/C22H34N8O5/c23-5-11-33-15-16-34-12-7-24-19(32)17-1-3-18(4-2-17)26-21-27-20(25-6-10-31)28-22(29-21)30-8-13-35-14-9-30/h1-4,31H,5-16,23H2,(H,24,32)(H2,25,26,27,28,29). The lowest BCUT2D eigenvalue weighted by Gasteiger charge is -2.27. The van der Waals surface area contributed by atoms with Crippen LogP contribution in [0.2, 0.25) is 0 Å². The van der Waals surface area contributed by atoms with Crippen LogP contribution in [-0.2, 0) is 14.2 Å². The minimum absolute atomic E-state index is 0.0415. The van der Waals surface area contributed by atoms with Crippen LogP contribution < -0.4 is 26.6 Å². The van der Waals surface area contributed by atoms with Gasteiger partial charge in [-0.25, -0.2) is 0 Å². The van der Waals surface area contributed by atoms with Crippen LogP contribution in [-0.4, -0.2) is 105 Å². The molecule has 0 bridgehead atoms. The number of aliphatic hydroxyl groups excluding tert-OH is 1. The van der Waals surface area contributed by atoms with E-state index in [1.807, 2.05) is 4.90 Å². The van der Waals surface area contributed by atoms with E-state index >= 15 is 0 Å². The van der Waals surface area contributed by atoms with Crippen LogP contribution in [0.15, 0.2) is 24.3 Å². The van der Waals surface area contributed by atoms with Crippen LogP contribution in [0.5, 0.6) is 0 Å². The topological polar surface area (TPSA) is 169 Å². The predicted octanol–water partition coefficient (Wildman–Crippen LogP) is -0.422. The fourth-order valence-electron chi connectivity index (χ4n) is 3.15. The van der Waals surface area contributed by atoms with E-state index in [4.69, 9.17) is 25.1 Å². The predicted molar refractivity (Wildman–Crippen MR) is 131 cm³/mol. The van der Waals surface area contributed by atoms with E-state index in [0.717, 1.165) is 5.69 Å². The van der Waals surface area contributed by atoms with E-state index < -0.39 is 0 Å². The van der Waals surface area contributed by atoms with Gasteiger partial charge in [-0.2, -0.15) is 15.0 Å². The largest absolute Gasteiger partial charge is 0.395 e. The molecule has 1 fully saturated rings. The van der Waals surface area contributed by atoms with Crippen LogP contribution in [0, 0.1) is 0 Å². The summed E-state index contributed by atoms with van der Waals surface area (Å²) in [5.41, 5.74) is 6.58. The average Bonchev–Trinajstić information content (AvgIpc) is 2.89. The second-order valence-corrected chi connectivity index (χ2v) is 7.50. The summed E-state index contributed by atoms with van der Waals surface area (Å²) in [6.07, 6.45) is 0. The number of nitrogens with zero attached hydrogens (tertiary/aromatic N) is 4. The van der Waals surface area contributed by atoms with Gasteiger partial charge < -0.3 is 45.9 Å². The molecule has 1 aromatic heterocycles. The highest BCUT2D eigenvalue weighted by molar-refractivity contribution is 5.94. The summed E-state index contributed by atoms with van der Waals surface area (Å²) >= 11 is 0. The molecule has 13 nitrogen and oxygen atoms in total. The molecule has 2 heterocycles. The van der Waals surface area contributed by atoms with Crippen LogP contribution in [0.25, 0.3) is 0 Å². The zero-order chi connectivity index (χ0) is 24.7. The Morgan fingerprint density at radius 2 is 1.71 bits per heavy atom. The van der Waals surface area contributed by atoms with Gasteiger partial charge >= 0.3 is 0 Å². The van der Waals surface area contributed by atoms with E-state index in [1.165, 1.54) is 0 Å². The first-order chi connectivity index (χ1) is 17.2. The summed E-state index contributed by atoms with van der Waals surface area (Å²) in [5, 5.41) is 18.1. The molecule has 2 aromatic rings. The molecule has 3 rings (SSSR count). The molecular weight excluding hydrogens is 456 g/mol. The Morgan fingerprint density at radius 1 is 1.00 bits per heavy atom. The number of aromatic nitrogens is 3. The fraction of sp³-hybridized carbons (Fsp3) is 0.545. The Balaban J connectivity index is 1.52. The number of aliphatic hydroxyl groups is 1. The van der Waals surface area contributed by atoms with Crippen molar-refractivity contribution in [1.82, 2.24) is 20.3 Å². The highest BCUT2D eigenvalue weighted by Crippen LogP contribution is 2.19. The van der Waals surface area contributed by atoms with Crippen molar-refractivity contribution >= 4 is 29.4 Å². The molecule has 0 unspecified atom stereocenters. The van der Waals surface area contributed by atoms with Crippen LogP contribution in [0.1, 0.15) is 10.4 Å². The van der Waals surface area contributed by atoms with E-state index in [-0.39, 0.29) is 12.5 Å². The van der Waals surface area contributed by atoms with Crippen LogP contribution in [0.3, 0.4) is 0 Å². The quantitative estimate of drug-likeness (QED) is 0.205. The van der Waals surface area contributed by atoms with Gasteiger partial charge in [0.25, 0.3) is 5.91 Å². The molecule has 0 spiro atoms. The van der Waals surface area contributed by atoms with Crippen molar-refractivity contribution in [3.8, 4) is 0 Å². The number of ether oxygens (including phenoxy) is 3. The Hall–Kier alpha value is -3.10. The maximum Gasteiger partial charge on any atom is 0.251 e. The smallest absolute Gasteiger partial charge is 0.251 e. The fourth-order valence-corrected chi connectivity index (χ4v) is 3.15.